The molecule has 118 valence electrons. The first-order valence-electron chi connectivity index (χ1n) is 7.22. The van der Waals surface area contributed by atoms with Crippen molar-refractivity contribution in [1.82, 2.24) is 0 Å². The Bertz CT molecular complexity index is 715. The van der Waals surface area contributed by atoms with E-state index in [4.69, 9.17) is 0 Å². The van der Waals surface area contributed by atoms with E-state index in [0.717, 1.165) is 16.8 Å². The van der Waals surface area contributed by atoms with Crippen LogP contribution in [0.4, 0.5) is 5.69 Å². The maximum absolute atomic E-state index is 12.2. The predicted molar refractivity (Wildman–Crippen MR) is 91.4 cm³/mol. The summed E-state index contributed by atoms with van der Waals surface area (Å²) >= 11 is 0. The molecule has 0 atom stereocenters. The van der Waals surface area contributed by atoms with Gasteiger partial charge in [-0.25, -0.2) is 4.79 Å². The Labute approximate surface area is 136 Å². The molecule has 0 aliphatic rings. The van der Waals surface area contributed by atoms with Crippen molar-refractivity contribution in [2.75, 3.05) is 19.1 Å². The molecule has 0 N–H and O–H groups in total. The Kier molecular flexibility index (Phi) is 5.31. The average Bonchev–Trinajstić information content (AvgIpc) is 2.59. The summed E-state index contributed by atoms with van der Waals surface area (Å²) in [4.78, 5) is 25.1. The van der Waals surface area contributed by atoms with Gasteiger partial charge in [0.25, 0.3) is 5.91 Å². The van der Waals surface area contributed by atoms with Crippen LogP contribution in [0.25, 0.3) is 6.08 Å². The van der Waals surface area contributed by atoms with Crippen LogP contribution in [0.5, 0.6) is 0 Å². The van der Waals surface area contributed by atoms with E-state index in [2.05, 4.69) is 4.74 Å². The van der Waals surface area contributed by atoms with E-state index in [0.29, 0.717) is 5.56 Å². The molecule has 0 fully saturated rings. The van der Waals surface area contributed by atoms with Crippen molar-refractivity contribution < 1.29 is 14.3 Å². The third-order valence-corrected chi connectivity index (χ3v) is 3.50. The van der Waals surface area contributed by atoms with Crippen LogP contribution in [0.3, 0.4) is 0 Å². The predicted octanol–water partition coefficient (Wildman–Crippen LogP) is 3.46. The molecule has 0 aromatic heterocycles. The fraction of sp³-hybridized carbons (Fsp3) is 0.158. The lowest BCUT2D eigenvalue weighted by atomic mass is 10.1. The zero-order valence-electron chi connectivity index (χ0n) is 13.4. The highest BCUT2D eigenvalue weighted by atomic mass is 16.5. The van der Waals surface area contributed by atoms with E-state index in [1.54, 1.807) is 42.3 Å². The summed E-state index contributed by atoms with van der Waals surface area (Å²) in [6.45, 7) is 2.00. The van der Waals surface area contributed by atoms with Gasteiger partial charge in [0.05, 0.1) is 12.7 Å². The lowest BCUT2D eigenvalue weighted by Crippen LogP contribution is -2.23. The summed E-state index contributed by atoms with van der Waals surface area (Å²) in [5, 5.41) is 0. The number of anilines is 1. The Morgan fingerprint density at radius 3 is 2.17 bits per heavy atom. The van der Waals surface area contributed by atoms with Crippen molar-refractivity contribution in [3.8, 4) is 0 Å². The molecule has 4 heteroatoms. The fourth-order valence-electron chi connectivity index (χ4n) is 2.02. The number of carbonyl (C=O) groups is 2. The van der Waals surface area contributed by atoms with Crippen LogP contribution >= 0.6 is 0 Å². The number of rotatable bonds is 4. The summed E-state index contributed by atoms with van der Waals surface area (Å²) in [7, 11) is 3.08. The van der Waals surface area contributed by atoms with Gasteiger partial charge in [-0.1, -0.05) is 29.8 Å². The van der Waals surface area contributed by atoms with Crippen molar-refractivity contribution >= 4 is 23.6 Å². The standard InChI is InChI=1S/C19H19NO3/c1-14-4-11-17(12-5-14)20(2)18(21)13-8-15-6-9-16(10-7-15)19(22)23-3/h4-13H,1-3H3. The first kappa shape index (κ1) is 16.5. The van der Waals surface area contributed by atoms with E-state index in [1.165, 1.54) is 13.2 Å². The van der Waals surface area contributed by atoms with E-state index in [9.17, 15) is 9.59 Å². The first-order chi connectivity index (χ1) is 11.0. The van der Waals surface area contributed by atoms with Crippen molar-refractivity contribution in [2.45, 2.75) is 6.92 Å². The van der Waals surface area contributed by atoms with Crippen molar-refractivity contribution in [1.29, 1.82) is 0 Å². The molecule has 0 aliphatic heterocycles. The molecule has 0 bridgehead atoms. The van der Waals surface area contributed by atoms with Crippen LogP contribution in [-0.2, 0) is 9.53 Å². The molecule has 4 nitrogen and oxygen atoms in total. The fourth-order valence-corrected chi connectivity index (χ4v) is 2.02. The van der Waals surface area contributed by atoms with Gasteiger partial charge in [-0.15, -0.1) is 0 Å². The Morgan fingerprint density at radius 1 is 1.00 bits per heavy atom. The number of likely N-dealkylation sites (N-methyl/N-ethyl adjacent to an activating group) is 1. The molecule has 23 heavy (non-hydrogen) atoms. The number of esters is 1. The minimum absolute atomic E-state index is 0.120. The largest absolute Gasteiger partial charge is 0.465 e. The molecule has 2 aromatic carbocycles. The van der Waals surface area contributed by atoms with Crippen molar-refractivity contribution in [2.24, 2.45) is 0 Å². The second kappa shape index (κ2) is 7.40. The number of carbonyl (C=O) groups excluding carboxylic acids is 2. The summed E-state index contributed by atoms with van der Waals surface area (Å²) in [5.41, 5.74) is 3.30. The van der Waals surface area contributed by atoms with Gasteiger partial charge in [0.2, 0.25) is 0 Å². The van der Waals surface area contributed by atoms with Crippen LogP contribution < -0.4 is 4.90 Å². The smallest absolute Gasteiger partial charge is 0.337 e. The normalized spacial score (nSPS) is 10.6. The van der Waals surface area contributed by atoms with Gasteiger partial charge in [-0.3, -0.25) is 4.79 Å². The van der Waals surface area contributed by atoms with Gasteiger partial charge in [0, 0.05) is 18.8 Å². The molecule has 0 unspecified atom stereocenters. The van der Waals surface area contributed by atoms with E-state index < -0.39 is 0 Å². The van der Waals surface area contributed by atoms with Gasteiger partial charge >= 0.3 is 5.97 Å². The van der Waals surface area contributed by atoms with Crippen molar-refractivity contribution in [3.05, 3.63) is 71.3 Å². The van der Waals surface area contributed by atoms with Crippen molar-refractivity contribution in [3.63, 3.8) is 0 Å². The van der Waals surface area contributed by atoms with E-state index in [-0.39, 0.29) is 11.9 Å². The van der Waals surface area contributed by atoms with Gasteiger partial charge < -0.3 is 9.64 Å². The number of hydrogen-bond acceptors (Lipinski definition) is 3. The van der Waals surface area contributed by atoms with Gasteiger partial charge in [-0.05, 0) is 42.8 Å². The molecule has 0 heterocycles. The maximum atomic E-state index is 12.2. The summed E-state index contributed by atoms with van der Waals surface area (Å²) in [5.74, 6) is -0.499. The third-order valence-electron chi connectivity index (χ3n) is 3.50. The zero-order chi connectivity index (χ0) is 16.8. The lowest BCUT2D eigenvalue weighted by Gasteiger charge is -2.15. The number of nitrogens with zero attached hydrogens (tertiary/aromatic N) is 1. The third kappa shape index (κ3) is 4.30. The maximum Gasteiger partial charge on any atom is 0.337 e. The quantitative estimate of drug-likeness (QED) is 0.642. The molecule has 0 radical (unpaired) electrons. The number of ether oxygens (including phenoxy) is 1. The second-order valence-corrected chi connectivity index (χ2v) is 5.18. The summed E-state index contributed by atoms with van der Waals surface area (Å²) in [6, 6.07) is 14.6. The number of methoxy groups -OCH3 is 1. The Hall–Kier alpha value is -2.88. The van der Waals surface area contributed by atoms with Crippen LogP contribution in [0.2, 0.25) is 0 Å². The molecule has 0 saturated carbocycles. The van der Waals surface area contributed by atoms with E-state index >= 15 is 0 Å². The first-order valence-corrected chi connectivity index (χ1v) is 7.22. The van der Waals surface area contributed by atoms with Crippen LogP contribution in [0.1, 0.15) is 21.5 Å². The highest BCUT2D eigenvalue weighted by Crippen LogP contribution is 2.14. The second-order valence-electron chi connectivity index (χ2n) is 5.18. The SMILES string of the molecule is COC(=O)c1ccc(C=CC(=O)N(C)c2ccc(C)cc2)cc1. The van der Waals surface area contributed by atoms with Crippen LogP contribution in [-0.4, -0.2) is 26.0 Å². The minimum atomic E-state index is -0.379. The molecule has 2 rings (SSSR count). The highest BCUT2D eigenvalue weighted by molar-refractivity contribution is 6.03. The Balaban J connectivity index is 2.05. The van der Waals surface area contributed by atoms with Gasteiger partial charge in [0.1, 0.15) is 0 Å². The number of aryl methyl sites for hydroxylation is 1. The van der Waals surface area contributed by atoms with Gasteiger partial charge in [0.15, 0.2) is 0 Å². The average molecular weight is 309 g/mol. The van der Waals surface area contributed by atoms with Crippen LogP contribution in [0.15, 0.2) is 54.6 Å². The number of hydrogen-bond donors (Lipinski definition) is 0. The van der Waals surface area contributed by atoms with Crippen LogP contribution in [0, 0.1) is 6.92 Å². The minimum Gasteiger partial charge on any atom is -0.465 e. The van der Waals surface area contributed by atoms with Gasteiger partial charge in [-0.2, -0.15) is 0 Å². The summed E-state index contributed by atoms with van der Waals surface area (Å²) < 4.78 is 4.65. The Morgan fingerprint density at radius 2 is 1.61 bits per heavy atom. The topological polar surface area (TPSA) is 46.6 Å². The summed E-state index contributed by atoms with van der Waals surface area (Å²) in [6.07, 6.45) is 3.22. The molecule has 0 saturated heterocycles. The number of amides is 1. The number of benzene rings is 2. The monoisotopic (exact) mass is 309 g/mol. The lowest BCUT2D eigenvalue weighted by molar-refractivity contribution is -0.113. The zero-order valence-corrected chi connectivity index (χ0v) is 13.4. The molecule has 1 amide bonds. The molecule has 2 aromatic rings. The molecule has 0 spiro atoms. The molecular formula is C19H19NO3. The van der Waals surface area contributed by atoms with E-state index in [1.807, 2.05) is 31.2 Å². The molecule has 0 aliphatic carbocycles. The molecular weight excluding hydrogens is 290 g/mol. The highest BCUT2D eigenvalue weighted by Gasteiger charge is 2.07.